The highest BCUT2D eigenvalue weighted by atomic mass is 16.4. The van der Waals surface area contributed by atoms with Crippen molar-refractivity contribution in [3.05, 3.63) is 0 Å². The number of carbonyl (C=O) groups is 2. The Morgan fingerprint density at radius 3 is 2.62 bits per heavy atom. The van der Waals surface area contributed by atoms with Gasteiger partial charge in [-0.05, 0) is 19.3 Å². The lowest BCUT2D eigenvalue weighted by Crippen LogP contribution is -2.47. The maximum atomic E-state index is 11.8. The van der Waals surface area contributed by atoms with Gasteiger partial charge in [-0.15, -0.1) is 0 Å². The van der Waals surface area contributed by atoms with Crippen LogP contribution in [0.1, 0.15) is 19.3 Å². The summed E-state index contributed by atoms with van der Waals surface area (Å²) in [6, 6.07) is -0.608. The average Bonchev–Trinajstić information content (AvgIpc) is 2.86. The molecule has 0 aromatic heterocycles. The van der Waals surface area contributed by atoms with Gasteiger partial charge in [0.05, 0.1) is 12.5 Å². The number of aliphatic hydroxyl groups is 1. The van der Waals surface area contributed by atoms with Gasteiger partial charge in [0.15, 0.2) is 0 Å². The summed E-state index contributed by atoms with van der Waals surface area (Å²) in [5.74, 6) is -1.61. The van der Waals surface area contributed by atoms with Crippen LogP contribution in [0, 0.1) is 5.92 Å². The number of carbonyl (C=O) groups excluding carboxylic acids is 1. The molecule has 0 saturated carbocycles. The maximum Gasteiger partial charge on any atom is 0.328 e. The van der Waals surface area contributed by atoms with Crippen molar-refractivity contribution in [3.8, 4) is 0 Å². The molecule has 2 aliphatic heterocycles. The van der Waals surface area contributed by atoms with Gasteiger partial charge >= 0.3 is 5.97 Å². The minimum atomic E-state index is -1.20. The molecule has 3 unspecified atom stereocenters. The molecule has 6 heteroatoms. The Balaban J connectivity index is 1.90. The summed E-state index contributed by atoms with van der Waals surface area (Å²) in [7, 11) is 0. The van der Waals surface area contributed by atoms with Crippen molar-refractivity contribution in [2.24, 2.45) is 5.92 Å². The molecule has 4 atom stereocenters. The van der Waals surface area contributed by atoms with Crippen LogP contribution in [0.15, 0.2) is 0 Å². The predicted molar refractivity (Wildman–Crippen MR) is 54.7 cm³/mol. The lowest BCUT2D eigenvalue weighted by atomic mass is 9.88. The second-order valence-corrected chi connectivity index (χ2v) is 4.47. The van der Waals surface area contributed by atoms with Crippen LogP contribution in [-0.4, -0.2) is 46.8 Å². The van der Waals surface area contributed by atoms with Crippen LogP contribution in [0.25, 0.3) is 0 Å². The molecular formula is C10H16N2O4. The van der Waals surface area contributed by atoms with Crippen molar-refractivity contribution in [3.63, 3.8) is 0 Å². The number of amides is 1. The first kappa shape index (κ1) is 11.3. The summed E-state index contributed by atoms with van der Waals surface area (Å²) in [6.07, 6.45) is 2.84. The van der Waals surface area contributed by atoms with Gasteiger partial charge in [0.1, 0.15) is 6.04 Å². The molecule has 4 N–H and O–H groups in total. The Morgan fingerprint density at radius 2 is 2.19 bits per heavy atom. The molecule has 0 aromatic carbocycles. The van der Waals surface area contributed by atoms with Gasteiger partial charge in [-0.25, -0.2) is 4.79 Å². The third kappa shape index (κ3) is 2.03. The van der Waals surface area contributed by atoms with Gasteiger partial charge in [-0.3, -0.25) is 4.79 Å². The van der Waals surface area contributed by atoms with Crippen molar-refractivity contribution in [2.45, 2.75) is 37.4 Å². The van der Waals surface area contributed by atoms with Crippen LogP contribution in [0.2, 0.25) is 0 Å². The van der Waals surface area contributed by atoms with E-state index in [9.17, 15) is 9.59 Å². The van der Waals surface area contributed by atoms with E-state index in [1.807, 2.05) is 0 Å². The zero-order chi connectivity index (χ0) is 11.7. The second-order valence-electron chi connectivity index (χ2n) is 4.47. The Kier molecular flexibility index (Phi) is 3.11. The molecule has 2 rings (SSSR count). The van der Waals surface area contributed by atoms with Gasteiger partial charge in [-0.2, -0.15) is 0 Å². The average molecular weight is 228 g/mol. The fourth-order valence-corrected chi connectivity index (χ4v) is 2.58. The van der Waals surface area contributed by atoms with Crippen molar-refractivity contribution < 1.29 is 19.8 Å². The first-order chi connectivity index (χ1) is 7.61. The number of nitrogens with one attached hydrogen (secondary N) is 2. The molecule has 1 amide bonds. The summed E-state index contributed by atoms with van der Waals surface area (Å²) in [5.41, 5.74) is 0. The summed E-state index contributed by atoms with van der Waals surface area (Å²) in [6.45, 7) is -0.574. The topological polar surface area (TPSA) is 98.7 Å². The summed E-state index contributed by atoms with van der Waals surface area (Å²) >= 11 is 0. The van der Waals surface area contributed by atoms with E-state index in [4.69, 9.17) is 10.2 Å². The van der Waals surface area contributed by atoms with Gasteiger partial charge < -0.3 is 20.8 Å². The van der Waals surface area contributed by atoms with Gasteiger partial charge in [0, 0.05) is 12.1 Å². The van der Waals surface area contributed by atoms with E-state index in [1.165, 1.54) is 0 Å². The Hall–Kier alpha value is -1.14. The van der Waals surface area contributed by atoms with Crippen LogP contribution in [0.4, 0.5) is 0 Å². The number of hydrogen-bond donors (Lipinski definition) is 4. The highest BCUT2D eigenvalue weighted by Gasteiger charge is 2.43. The number of hydrogen-bond acceptors (Lipinski definition) is 4. The Morgan fingerprint density at radius 1 is 1.44 bits per heavy atom. The molecule has 2 aliphatic rings. The molecule has 2 fully saturated rings. The number of carboxylic acids is 1. The molecule has 2 heterocycles. The molecule has 16 heavy (non-hydrogen) atoms. The standard InChI is InChI=1S/C10H16N2O4/c13-4-8(10(15)16)12-9(14)6-3-5-1-2-7(6)11-5/h5-8,11,13H,1-4H2,(H,12,14)(H,15,16)/t5?,6?,7?,8-/m0/s1. The number of carboxylic acid groups (broad SMARTS) is 1. The monoisotopic (exact) mass is 228 g/mol. The number of aliphatic carboxylic acids is 1. The van der Waals surface area contributed by atoms with E-state index in [1.54, 1.807) is 0 Å². The first-order valence-corrected chi connectivity index (χ1v) is 5.52. The molecule has 0 spiro atoms. The van der Waals surface area contributed by atoms with E-state index < -0.39 is 18.6 Å². The largest absolute Gasteiger partial charge is 0.480 e. The third-order valence-corrected chi connectivity index (χ3v) is 3.43. The van der Waals surface area contributed by atoms with Crippen molar-refractivity contribution in [1.82, 2.24) is 10.6 Å². The molecular weight excluding hydrogens is 212 g/mol. The minimum Gasteiger partial charge on any atom is -0.480 e. The molecule has 0 aliphatic carbocycles. The molecule has 0 aromatic rings. The molecule has 2 bridgehead atoms. The maximum absolute atomic E-state index is 11.8. The van der Waals surface area contributed by atoms with Gasteiger partial charge in [0.25, 0.3) is 0 Å². The lowest BCUT2D eigenvalue weighted by molar-refractivity contribution is -0.143. The molecule has 6 nitrogen and oxygen atoms in total. The fraction of sp³-hybridized carbons (Fsp3) is 0.800. The minimum absolute atomic E-state index is 0.146. The summed E-state index contributed by atoms with van der Waals surface area (Å²) in [4.78, 5) is 22.4. The number of aliphatic hydroxyl groups excluding tert-OH is 1. The quantitative estimate of drug-likeness (QED) is 0.479. The highest BCUT2D eigenvalue weighted by molar-refractivity contribution is 5.85. The molecule has 0 radical (unpaired) electrons. The van der Waals surface area contributed by atoms with E-state index >= 15 is 0 Å². The lowest BCUT2D eigenvalue weighted by Gasteiger charge is -2.21. The first-order valence-electron chi connectivity index (χ1n) is 5.52. The van der Waals surface area contributed by atoms with Gasteiger partial charge in [-0.1, -0.05) is 0 Å². The normalized spacial score (nSPS) is 33.7. The van der Waals surface area contributed by atoms with Crippen LogP contribution in [0.3, 0.4) is 0 Å². The van der Waals surface area contributed by atoms with Crippen LogP contribution in [-0.2, 0) is 9.59 Å². The second kappa shape index (κ2) is 4.39. The van der Waals surface area contributed by atoms with Crippen LogP contribution in [0.5, 0.6) is 0 Å². The van der Waals surface area contributed by atoms with Crippen LogP contribution >= 0.6 is 0 Å². The third-order valence-electron chi connectivity index (χ3n) is 3.43. The highest BCUT2D eigenvalue weighted by Crippen LogP contribution is 2.33. The van der Waals surface area contributed by atoms with Crippen molar-refractivity contribution in [1.29, 1.82) is 0 Å². The Labute approximate surface area is 93.0 Å². The number of fused-ring (bicyclic) bond motifs is 2. The summed E-state index contributed by atoms with van der Waals surface area (Å²) in [5, 5.41) is 23.2. The fourth-order valence-electron chi connectivity index (χ4n) is 2.58. The van der Waals surface area contributed by atoms with E-state index in [0.717, 1.165) is 19.3 Å². The summed E-state index contributed by atoms with van der Waals surface area (Å²) < 4.78 is 0. The van der Waals surface area contributed by atoms with E-state index in [0.29, 0.717) is 6.04 Å². The van der Waals surface area contributed by atoms with Crippen molar-refractivity contribution in [2.75, 3.05) is 6.61 Å². The zero-order valence-electron chi connectivity index (χ0n) is 8.85. The molecule has 90 valence electrons. The van der Waals surface area contributed by atoms with Crippen LogP contribution < -0.4 is 10.6 Å². The Bertz CT molecular complexity index is 307. The van der Waals surface area contributed by atoms with E-state index in [2.05, 4.69) is 10.6 Å². The number of rotatable bonds is 4. The predicted octanol–water partition coefficient (Wildman–Crippen LogP) is -1.31. The van der Waals surface area contributed by atoms with E-state index in [-0.39, 0.29) is 17.9 Å². The smallest absolute Gasteiger partial charge is 0.328 e. The molecule has 2 saturated heterocycles. The van der Waals surface area contributed by atoms with Gasteiger partial charge in [0.2, 0.25) is 5.91 Å². The van der Waals surface area contributed by atoms with Crippen molar-refractivity contribution >= 4 is 11.9 Å². The SMILES string of the molecule is O=C(N[C@@H](CO)C(=O)O)C1CC2CCC1N2. The zero-order valence-corrected chi connectivity index (χ0v) is 8.85.